The van der Waals surface area contributed by atoms with Crippen molar-refractivity contribution in [1.29, 1.82) is 0 Å². The molecule has 0 bridgehead atoms. The number of aromatic nitrogens is 1. The maximum Gasteiger partial charge on any atom is 0.419 e. The molecule has 0 saturated heterocycles. The van der Waals surface area contributed by atoms with Gasteiger partial charge in [-0.3, -0.25) is 4.57 Å². The lowest BCUT2D eigenvalue weighted by atomic mass is 10.1. The molecule has 2 rings (SSSR count). The fourth-order valence-electron chi connectivity index (χ4n) is 1.96. The Morgan fingerprint density at radius 2 is 2.18 bits per heavy atom. The summed E-state index contributed by atoms with van der Waals surface area (Å²) in [7, 11) is 0. The highest BCUT2D eigenvalue weighted by Crippen LogP contribution is 2.21. The van der Waals surface area contributed by atoms with Gasteiger partial charge in [-0.2, -0.15) is 0 Å². The predicted molar refractivity (Wildman–Crippen MR) is 66.0 cm³/mol. The van der Waals surface area contributed by atoms with Crippen LogP contribution in [0.25, 0.3) is 11.1 Å². The Morgan fingerprint density at radius 3 is 2.82 bits per heavy atom. The van der Waals surface area contributed by atoms with Gasteiger partial charge >= 0.3 is 5.76 Å². The Balaban J connectivity index is 2.53. The molecule has 4 nitrogen and oxygen atoms in total. The molecular weight excluding hydrogens is 218 g/mol. The summed E-state index contributed by atoms with van der Waals surface area (Å²) in [6, 6.07) is 5.43. The second-order valence-electron chi connectivity index (χ2n) is 4.17. The molecule has 1 atom stereocenters. The minimum absolute atomic E-state index is 0.329. The van der Waals surface area contributed by atoms with Crippen molar-refractivity contribution >= 4 is 11.1 Å². The molecule has 0 aliphatic rings. The first-order valence-electron chi connectivity index (χ1n) is 5.98. The van der Waals surface area contributed by atoms with Gasteiger partial charge in [0.05, 0.1) is 11.6 Å². The van der Waals surface area contributed by atoms with E-state index in [1.54, 1.807) is 10.6 Å². The molecule has 1 N–H and O–H groups in total. The highest BCUT2D eigenvalue weighted by molar-refractivity contribution is 5.73. The number of rotatable bonds is 4. The van der Waals surface area contributed by atoms with E-state index in [1.807, 2.05) is 26.0 Å². The first-order valence-corrected chi connectivity index (χ1v) is 5.98. The summed E-state index contributed by atoms with van der Waals surface area (Å²) in [6.07, 6.45) is 1.03. The van der Waals surface area contributed by atoms with E-state index < -0.39 is 6.10 Å². The van der Waals surface area contributed by atoms with Gasteiger partial charge < -0.3 is 9.52 Å². The number of benzene rings is 1. The molecule has 1 aromatic heterocycles. The zero-order valence-electron chi connectivity index (χ0n) is 10.1. The van der Waals surface area contributed by atoms with Crippen LogP contribution in [0.3, 0.4) is 0 Å². The summed E-state index contributed by atoms with van der Waals surface area (Å²) >= 11 is 0. The van der Waals surface area contributed by atoms with E-state index >= 15 is 0 Å². The van der Waals surface area contributed by atoms with E-state index in [9.17, 15) is 9.90 Å². The average molecular weight is 235 g/mol. The fraction of sp³-hybridized carbons (Fsp3) is 0.462. The summed E-state index contributed by atoms with van der Waals surface area (Å²) < 4.78 is 6.81. The van der Waals surface area contributed by atoms with Gasteiger partial charge in [0.15, 0.2) is 5.58 Å². The summed E-state index contributed by atoms with van der Waals surface area (Å²) in [6.45, 7) is 4.58. The van der Waals surface area contributed by atoms with Crippen molar-refractivity contribution in [3.05, 3.63) is 34.3 Å². The van der Waals surface area contributed by atoms with E-state index in [4.69, 9.17) is 4.42 Å². The molecule has 4 heteroatoms. The van der Waals surface area contributed by atoms with Gasteiger partial charge in [0, 0.05) is 6.54 Å². The Kier molecular flexibility index (Phi) is 3.33. The van der Waals surface area contributed by atoms with Crippen molar-refractivity contribution in [3.63, 3.8) is 0 Å². The van der Waals surface area contributed by atoms with E-state index in [2.05, 4.69) is 0 Å². The number of nitrogens with zero attached hydrogens (tertiary/aromatic N) is 1. The Hall–Kier alpha value is -1.55. The van der Waals surface area contributed by atoms with Gasteiger partial charge in [-0.1, -0.05) is 19.9 Å². The fourth-order valence-corrected chi connectivity index (χ4v) is 1.96. The largest absolute Gasteiger partial charge is 0.419 e. The highest BCUT2D eigenvalue weighted by atomic mass is 16.4. The lowest BCUT2D eigenvalue weighted by Crippen LogP contribution is -2.13. The van der Waals surface area contributed by atoms with Crippen LogP contribution in [0.5, 0.6) is 0 Å². The van der Waals surface area contributed by atoms with Crippen LogP contribution in [0.4, 0.5) is 0 Å². The maximum atomic E-state index is 11.6. The van der Waals surface area contributed by atoms with Gasteiger partial charge in [0.2, 0.25) is 0 Å². The average Bonchev–Trinajstić information content (AvgIpc) is 2.64. The summed E-state index contributed by atoms with van der Waals surface area (Å²) in [5.41, 5.74) is 2.13. The highest BCUT2D eigenvalue weighted by Gasteiger charge is 2.11. The summed E-state index contributed by atoms with van der Waals surface area (Å²) in [5, 5.41) is 9.74. The van der Waals surface area contributed by atoms with Crippen molar-refractivity contribution in [2.45, 2.75) is 39.3 Å². The second kappa shape index (κ2) is 4.75. The standard InChI is InChI=1S/C13H17NO3/c1-3-7-14-10-6-5-9(11(15)4-2)8-12(10)17-13(14)16/h5-6,8,11,15H,3-4,7H2,1-2H3/t11-/m1/s1. The zero-order chi connectivity index (χ0) is 12.4. The topological polar surface area (TPSA) is 55.4 Å². The number of aliphatic hydroxyl groups is 1. The van der Waals surface area contributed by atoms with E-state index in [0.29, 0.717) is 18.5 Å². The maximum absolute atomic E-state index is 11.6. The van der Waals surface area contributed by atoms with E-state index in [1.165, 1.54) is 0 Å². The SMILES string of the molecule is CCCn1c(=O)oc2cc([C@H](O)CC)ccc21. The molecule has 92 valence electrons. The van der Waals surface area contributed by atoms with Crippen LogP contribution in [-0.2, 0) is 6.54 Å². The zero-order valence-corrected chi connectivity index (χ0v) is 10.1. The van der Waals surface area contributed by atoms with Crippen molar-refractivity contribution in [3.8, 4) is 0 Å². The number of fused-ring (bicyclic) bond motifs is 1. The van der Waals surface area contributed by atoms with Crippen LogP contribution in [0.15, 0.2) is 27.4 Å². The Labute approximate surface area is 99.5 Å². The first-order chi connectivity index (χ1) is 8.17. The molecule has 0 amide bonds. The normalized spacial score (nSPS) is 13.1. The molecule has 0 aliphatic carbocycles. The molecule has 0 aliphatic heterocycles. The quantitative estimate of drug-likeness (QED) is 0.885. The minimum Gasteiger partial charge on any atom is -0.408 e. The lowest BCUT2D eigenvalue weighted by Gasteiger charge is -2.07. The van der Waals surface area contributed by atoms with Gasteiger partial charge in [0.25, 0.3) is 0 Å². The monoisotopic (exact) mass is 235 g/mol. The van der Waals surface area contributed by atoms with E-state index in [0.717, 1.165) is 17.5 Å². The predicted octanol–water partition coefficient (Wildman–Crippen LogP) is 2.45. The molecule has 0 radical (unpaired) electrons. The minimum atomic E-state index is -0.501. The van der Waals surface area contributed by atoms with Gasteiger partial charge in [-0.15, -0.1) is 0 Å². The molecule has 2 aromatic rings. The second-order valence-corrected chi connectivity index (χ2v) is 4.17. The van der Waals surface area contributed by atoms with Gasteiger partial charge in [-0.05, 0) is 30.5 Å². The Bertz CT molecular complexity index is 568. The third-order valence-electron chi connectivity index (χ3n) is 2.91. The summed E-state index contributed by atoms with van der Waals surface area (Å²) in [5.74, 6) is -0.329. The molecule has 17 heavy (non-hydrogen) atoms. The number of aryl methyl sites for hydroxylation is 1. The molecule has 0 spiro atoms. The molecule has 0 saturated carbocycles. The first kappa shape index (κ1) is 11.9. The van der Waals surface area contributed by atoms with Crippen LogP contribution >= 0.6 is 0 Å². The van der Waals surface area contributed by atoms with Gasteiger partial charge in [-0.25, -0.2) is 4.79 Å². The number of hydrogen-bond acceptors (Lipinski definition) is 3. The van der Waals surface area contributed by atoms with Gasteiger partial charge in [0.1, 0.15) is 0 Å². The smallest absolute Gasteiger partial charge is 0.408 e. The van der Waals surface area contributed by atoms with Crippen molar-refractivity contribution < 1.29 is 9.52 Å². The van der Waals surface area contributed by atoms with Crippen molar-refractivity contribution in [2.24, 2.45) is 0 Å². The number of aliphatic hydroxyl groups excluding tert-OH is 1. The molecule has 0 fully saturated rings. The molecular formula is C13H17NO3. The molecule has 0 unspecified atom stereocenters. The van der Waals surface area contributed by atoms with Crippen LogP contribution in [-0.4, -0.2) is 9.67 Å². The number of oxazole rings is 1. The van der Waals surface area contributed by atoms with E-state index in [-0.39, 0.29) is 5.76 Å². The van der Waals surface area contributed by atoms with Crippen molar-refractivity contribution in [1.82, 2.24) is 4.57 Å². The van der Waals surface area contributed by atoms with Crippen LogP contribution in [0.2, 0.25) is 0 Å². The van der Waals surface area contributed by atoms with Crippen LogP contribution < -0.4 is 5.76 Å². The Morgan fingerprint density at radius 1 is 1.41 bits per heavy atom. The summed E-state index contributed by atoms with van der Waals surface area (Å²) in [4.78, 5) is 11.6. The van der Waals surface area contributed by atoms with Crippen molar-refractivity contribution in [2.75, 3.05) is 0 Å². The van der Waals surface area contributed by atoms with Crippen LogP contribution in [0, 0.1) is 0 Å². The third-order valence-corrected chi connectivity index (χ3v) is 2.91. The molecule has 1 heterocycles. The lowest BCUT2D eigenvalue weighted by molar-refractivity contribution is 0.173. The van der Waals surface area contributed by atoms with Crippen LogP contribution in [0.1, 0.15) is 38.4 Å². The number of hydrogen-bond donors (Lipinski definition) is 1. The third kappa shape index (κ3) is 2.13. The molecule has 1 aromatic carbocycles.